The summed E-state index contributed by atoms with van der Waals surface area (Å²) in [5, 5.41) is 6.10. The number of hydrogen-bond donors (Lipinski definition) is 2. The lowest BCUT2D eigenvalue weighted by atomic mass is 10.2. The lowest BCUT2D eigenvalue weighted by Crippen LogP contribution is -2.49. The van der Waals surface area contributed by atoms with Crippen LogP contribution in [0.1, 0.15) is 27.7 Å². The Morgan fingerprint density at radius 3 is 2.12 bits per heavy atom. The van der Waals surface area contributed by atoms with Gasteiger partial charge >= 0.3 is 0 Å². The minimum atomic E-state index is -3.08. The zero-order valence-corrected chi connectivity index (χ0v) is 14.5. The lowest BCUT2D eigenvalue weighted by molar-refractivity contribution is 0.543. The van der Waals surface area contributed by atoms with Gasteiger partial charge in [0.15, 0.2) is 15.8 Å². The van der Waals surface area contributed by atoms with E-state index in [4.69, 9.17) is 0 Å². The van der Waals surface area contributed by atoms with Crippen LogP contribution < -0.4 is 10.6 Å². The Labute approximate surface area is 122 Å². The summed E-state index contributed by atoms with van der Waals surface area (Å²) in [6.45, 7) is 7.71. The monoisotopic (exact) mass is 377 g/mol. The molecule has 0 aliphatic heterocycles. The molecular formula is C10H24IN3O2S. The molecule has 0 radical (unpaired) electrons. The first-order valence-electron chi connectivity index (χ1n) is 5.27. The van der Waals surface area contributed by atoms with Crippen LogP contribution in [0.3, 0.4) is 0 Å². The first kappa shape index (κ1) is 19.3. The van der Waals surface area contributed by atoms with Crippen molar-refractivity contribution in [2.45, 2.75) is 38.5 Å². The zero-order chi connectivity index (χ0) is 13.0. The van der Waals surface area contributed by atoms with Gasteiger partial charge in [0.1, 0.15) is 0 Å². The lowest BCUT2D eigenvalue weighted by Gasteiger charge is -2.24. The van der Waals surface area contributed by atoms with Gasteiger partial charge in [-0.2, -0.15) is 0 Å². The molecular weight excluding hydrogens is 353 g/mol. The number of aliphatic imine (C=N–C) groups is 1. The van der Waals surface area contributed by atoms with E-state index in [9.17, 15) is 8.42 Å². The van der Waals surface area contributed by atoms with Crippen LogP contribution in [0, 0.1) is 0 Å². The molecule has 0 saturated carbocycles. The first-order valence-corrected chi connectivity index (χ1v) is 7.16. The van der Waals surface area contributed by atoms with E-state index in [-0.39, 0.29) is 30.0 Å². The van der Waals surface area contributed by atoms with E-state index < -0.39 is 14.6 Å². The smallest absolute Gasteiger partial charge is 0.191 e. The number of guanidine groups is 1. The third-order valence-electron chi connectivity index (χ3n) is 2.33. The minimum absolute atomic E-state index is 0. The summed E-state index contributed by atoms with van der Waals surface area (Å²) >= 11 is 0. The largest absolute Gasteiger partial charge is 0.355 e. The SMILES string of the molecule is CN=C(NCC(C)(C)S(C)(=O)=O)NC(C)C.I. The van der Waals surface area contributed by atoms with Crippen molar-refractivity contribution >= 4 is 39.8 Å². The molecule has 0 heterocycles. The Hall–Kier alpha value is -0.0500. The minimum Gasteiger partial charge on any atom is -0.355 e. The highest BCUT2D eigenvalue weighted by molar-refractivity contribution is 14.0. The van der Waals surface area contributed by atoms with Crippen molar-refractivity contribution in [1.29, 1.82) is 0 Å². The van der Waals surface area contributed by atoms with Crippen molar-refractivity contribution in [2.75, 3.05) is 19.8 Å². The first-order chi connectivity index (χ1) is 7.10. The predicted octanol–water partition coefficient (Wildman–Crippen LogP) is 1.00. The van der Waals surface area contributed by atoms with Crippen LogP contribution >= 0.6 is 24.0 Å². The van der Waals surface area contributed by atoms with Gasteiger partial charge in [0.25, 0.3) is 0 Å². The molecule has 0 unspecified atom stereocenters. The molecule has 0 spiro atoms. The van der Waals surface area contributed by atoms with Gasteiger partial charge in [-0.3, -0.25) is 4.99 Å². The summed E-state index contributed by atoms with van der Waals surface area (Å²) in [5.74, 6) is 0.617. The average molecular weight is 377 g/mol. The molecule has 104 valence electrons. The van der Waals surface area contributed by atoms with E-state index in [1.54, 1.807) is 20.9 Å². The fourth-order valence-corrected chi connectivity index (χ4v) is 1.23. The second-order valence-corrected chi connectivity index (χ2v) is 7.41. The van der Waals surface area contributed by atoms with Gasteiger partial charge in [-0.1, -0.05) is 0 Å². The van der Waals surface area contributed by atoms with Crippen molar-refractivity contribution in [3.63, 3.8) is 0 Å². The Balaban J connectivity index is 0. The van der Waals surface area contributed by atoms with Crippen molar-refractivity contribution in [1.82, 2.24) is 10.6 Å². The third kappa shape index (κ3) is 7.07. The highest BCUT2D eigenvalue weighted by atomic mass is 127. The van der Waals surface area contributed by atoms with Crippen molar-refractivity contribution in [2.24, 2.45) is 4.99 Å². The number of rotatable bonds is 4. The zero-order valence-electron chi connectivity index (χ0n) is 11.4. The van der Waals surface area contributed by atoms with Crippen molar-refractivity contribution in [3.8, 4) is 0 Å². The van der Waals surface area contributed by atoms with Crippen LogP contribution in [0.15, 0.2) is 4.99 Å². The Kier molecular flexibility index (Phi) is 8.40. The molecule has 5 nitrogen and oxygen atoms in total. The van der Waals surface area contributed by atoms with Crippen LogP contribution in [0.2, 0.25) is 0 Å². The Bertz CT molecular complexity index is 351. The van der Waals surface area contributed by atoms with Gasteiger partial charge < -0.3 is 10.6 Å². The van der Waals surface area contributed by atoms with E-state index in [1.165, 1.54) is 6.26 Å². The molecule has 0 aromatic carbocycles. The number of nitrogens with one attached hydrogen (secondary N) is 2. The summed E-state index contributed by atoms with van der Waals surface area (Å²) in [4.78, 5) is 4.01. The van der Waals surface area contributed by atoms with Crippen LogP contribution in [0.25, 0.3) is 0 Å². The summed E-state index contributed by atoms with van der Waals surface area (Å²) in [5.41, 5.74) is 0. The van der Waals surface area contributed by atoms with E-state index in [2.05, 4.69) is 15.6 Å². The molecule has 0 atom stereocenters. The quantitative estimate of drug-likeness (QED) is 0.436. The molecule has 0 amide bonds. The Morgan fingerprint density at radius 2 is 1.82 bits per heavy atom. The van der Waals surface area contributed by atoms with Gasteiger partial charge in [-0.25, -0.2) is 8.42 Å². The van der Waals surface area contributed by atoms with Crippen LogP contribution in [0.5, 0.6) is 0 Å². The summed E-state index contributed by atoms with van der Waals surface area (Å²) < 4.78 is 22.1. The van der Waals surface area contributed by atoms with Gasteiger partial charge in [-0.15, -0.1) is 24.0 Å². The van der Waals surface area contributed by atoms with Gasteiger partial charge in [-0.05, 0) is 27.7 Å². The molecule has 0 saturated heterocycles. The fourth-order valence-electron chi connectivity index (χ4n) is 0.896. The molecule has 0 aliphatic rings. The predicted molar refractivity (Wildman–Crippen MR) is 84.0 cm³/mol. The van der Waals surface area contributed by atoms with Gasteiger partial charge in [0.05, 0.1) is 4.75 Å². The third-order valence-corrected chi connectivity index (χ3v) is 4.49. The summed E-state index contributed by atoms with van der Waals surface area (Å²) in [6.07, 6.45) is 1.24. The molecule has 17 heavy (non-hydrogen) atoms. The topological polar surface area (TPSA) is 70.6 Å². The maximum absolute atomic E-state index is 11.5. The summed E-state index contributed by atoms with van der Waals surface area (Å²) in [6, 6.07) is 0.257. The standard InChI is InChI=1S/C10H23N3O2S.HI/c1-8(2)13-9(11-5)12-7-10(3,4)16(6,14)15;/h8H,7H2,1-6H3,(H2,11,12,13);1H. The average Bonchev–Trinajstić information content (AvgIpc) is 2.09. The normalized spacial score (nSPS) is 13.2. The molecule has 2 N–H and O–H groups in total. The highest BCUT2D eigenvalue weighted by Crippen LogP contribution is 2.13. The number of nitrogens with zero attached hydrogens (tertiary/aromatic N) is 1. The second kappa shape index (κ2) is 7.40. The molecule has 0 bridgehead atoms. The van der Waals surface area contributed by atoms with E-state index in [1.807, 2.05) is 13.8 Å². The molecule has 0 aromatic rings. The van der Waals surface area contributed by atoms with Crippen LogP contribution in [-0.2, 0) is 9.84 Å². The maximum atomic E-state index is 11.5. The fraction of sp³-hybridized carbons (Fsp3) is 0.900. The van der Waals surface area contributed by atoms with Gasteiger partial charge in [0, 0.05) is 25.9 Å². The van der Waals surface area contributed by atoms with E-state index >= 15 is 0 Å². The van der Waals surface area contributed by atoms with Crippen molar-refractivity contribution < 1.29 is 8.42 Å². The Morgan fingerprint density at radius 1 is 1.35 bits per heavy atom. The summed E-state index contributed by atoms with van der Waals surface area (Å²) in [7, 11) is -1.42. The maximum Gasteiger partial charge on any atom is 0.191 e. The van der Waals surface area contributed by atoms with Crippen molar-refractivity contribution in [3.05, 3.63) is 0 Å². The molecule has 0 fully saturated rings. The highest BCUT2D eigenvalue weighted by Gasteiger charge is 2.30. The number of hydrogen-bond acceptors (Lipinski definition) is 3. The van der Waals surface area contributed by atoms with E-state index in [0.29, 0.717) is 12.5 Å². The molecule has 7 heteroatoms. The van der Waals surface area contributed by atoms with Crippen LogP contribution in [0.4, 0.5) is 0 Å². The van der Waals surface area contributed by atoms with Crippen LogP contribution in [-0.4, -0.2) is 45.0 Å². The number of sulfone groups is 1. The molecule has 0 rings (SSSR count). The molecule has 0 aliphatic carbocycles. The molecule has 0 aromatic heterocycles. The van der Waals surface area contributed by atoms with Gasteiger partial charge in [0.2, 0.25) is 0 Å². The van der Waals surface area contributed by atoms with E-state index in [0.717, 1.165) is 0 Å². The second-order valence-electron chi connectivity index (χ2n) is 4.76. The number of halogens is 1.